The van der Waals surface area contributed by atoms with Crippen molar-refractivity contribution in [3.05, 3.63) is 66.4 Å². The molecule has 0 aliphatic heterocycles. The number of nitrogens with one attached hydrogen (secondary N) is 1. The second-order valence-electron chi connectivity index (χ2n) is 5.73. The Labute approximate surface area is 124 Å². The van der Waals surface area contributed by atoms with Gasteiger partial charge in [-0.05, 0) is 36.1 Å². The van der Waals surface area contributed by atoms with Crippen molar-refractivity contribution >= 4 is 10.9 Å². The molecule has 1 aromatic heterocycles. The Morgan fingerprint density at radius 2 is 1.81 bits per heavy atom. The fraction of sp³-hybridized carbons (Fsp3) is 0.211. The van der Waals surface area contributed by atoms with Crippen LogP contribution in [0.2, 0.25) is 0 Å². The Morgan fingerprint density at radius 1 is 1.00 bits per heavy atom. The molecule has 1 fully saturated rings. The zero-order valence-electron chi connectivity index (χ0n) is 11.9. The van der Waals surface area contributed by atoms with Crippen LogP contribution in [0.3, 0.4) is 0 Å². The maximum absolute atomic E-state index is 4.59. The van der Waals surface area contributed by atoms with E-state index in [9.17, 15) is 0 Å². The van der Waals surface area contributed by atoms with Crippen LogP contribution >= 0.6 is 0 Å². The topological polar surface area (TPSA) is 24.9 Å². The molecule has 0 unspecified atom stereocenters. The van der Waals surface area contributed by atoms with E-state index >= 15 is 0 Å². The van der Waals surface area contributed by atoms with E-state index in [1.54, 1.807) is 0 Å². The summed E-state index contributed by atoms with van der Waals surface area (Å²) in [5, 5.41) is 4.79. The molecular formula is C19H18N2. The predicted molar refractivity (Wildman–Crippen MR) is 87.0 cm³/mol. The highest BCUT2D eigenvalue weighted by Gasteiger charge is 2.20. The van der Waals surface area contributed by atoms with Crippen LogP contribution in [0.4, 0.5) is 0 Å². The van der Waals surface area contributed by atoms with Crippen molar-refractivity contribution in [3.8, 4) is 11.1 Å². The molecule has 1 aliphatic carbocycles. The normalized spacial score (nSPS) is 14.5. The van der Waals surface area contributed by atoms with Gasteiger partial charge in [0.25, 0.3) is 0 Å². The molecule has 2 nitrogen and oxygen atoms in total. The molecule has 1 saturated carbocycles. The molecular weight excluding hydrogens is 256 g/mol. The summed E-state index contributed by atoms with van der Waals surface area (Å²) in [7, 11) is 0. The van der Waals surface area contributed by atoms with Crippen molar-refractivity contribution in [2.75, 3.05) is 0 Å². The average Bonchev–Trinajstić information content (AvgIpc) is 3.37. The van der Waals surface area contributed by atoms with Crippen molar-refractivity contribution in [2.24, 2.45) is 0 Å². The standard InChI is InChI=1S/C19H18N2/c1-3-7-18(15(6-1)12-20-17-9-10-17)16-11-14-5-2-4-8-19(14)21-13-16/h1-8,11,13,17,20H,9-10,12H2. The fourth-order valence-corrected chi connectivity index (χ4v) is 2.72. The van der Waals surface area contributed by atoms with Crippen molar-refractivity contribution in [2.45, 2.75) is 25.4 Å². The lowest BCUT2D eigenvalue weighted by molar-refractivity contribution is 0.689. The summed E-state index contributed by atoms with van der Waals surface area (Å²) >= 11 is 0. The summed E-state index contributed by atoms with van der Waals surface area (Å²) in [4.78, 5) is 4.59. The molecule has 3 aromatic rings. The van der Waals surface area contributed by atoms with Crippen molar-refractivity contribution < 1.29 is 0 Å². The van der Waals surface area contributed by atoms with Gasteiger partial charge >= 0.3 is 0 Å². The van der Waals surface area contributed by atoms with E-state index in [4.69, 9.17) is 0 Å². The Morgan fingerprint density at radius 3 is 2.71 bits per heavy atom. The van der Waals surface area contributed by atoms with Crippen LogP contribution in [-0.2, 0) is 6.54 Å². The second kappa shape index (κ2) is 5.30. The SMILES string of the molecule is c1ccc(-c2cnc3ccccc3c2)c(CNC2CC2)c1. The van der Waals surface area contributed by atoms with E-state index in [1.807, 2.05) is 12.3 Å². The van der Waals surface area contributed by atoms with E-state index in [0.717, 1.165) is 18.1 Å². The van der Waals surface area contributed by atoms with Gasteiger partial charge < -0.3 is 5.32 Å². The summed E-state index contributed by atoms with van der Waals surface area (Å²) < 4.78 is 0. The molecule has 0 radical (unpaired) electrons. The molecule has 2 heteroatoms. The highest BCUT2D eigenvalue weighted by atomic mass is 14.9. The zero-order chi connectivity index (χ0) is 14.1. The monoisotopic (exact) mass is 274 g/mol. The predicted octanol–water partition coefficient (Wildman–Crippen LogP) is 4.15. The Bertz CT molecular complexity index is 775. The van der Waals surface area contributed by atoms with Gasteiger partial charge in [-0.1, -0.05) is 42.5 Å². The number of benzene rings is 2. The van der Waals surface area contributed by atoms with E-state index in [1.165, 1.54) is 34.9 Å². The first-order valence-electron chi connectivity index (χ1n) is 7.56. The van der Waals surface area contributed by atoms with Crippen molar-refractivity contribution in [1.82, 2.24) is 10.3 Å². The summed E-state index contributed by atoms with van der Waals surface area (Å²) in [6.45, 7) is 0.938. The van der Waals surface area contributed by atoms with Gasteiger partial charge in [-0.2, -0.15) is 0 Å². The number of nitrogens with zero attached hydrogens (tertiary/aromatic N) is 1. The minimum atomic E-state index is 0.729. The number of pyridine rings is 1. The van der Waals surface area contributed by atoms with Crippen LogP contribution in [0.5, 0.6) is 0 Å². The Kier molecular flexibility index (Phi) is 3.17. The van der Waals surface area contributed by atoms with Gasteiger partial charge in [0.05, 0.1) is 5.52 Å². The first-order valence-corrected chi connectivity index (χ1v) is 7.56. The summed E-state index contributed by atoms with van der Waals surface area (Å²) in [6, 6.07) is 19.8. The van der Waals surface area contributed by atoms with Gasteiger partial charge in [0.15, 0.2) is 0 Å². The molecule has 1 heterocycles. The van der Waals surface area contributed by atoms with Crippen molar-refractivity contribution in [3.63, 3.8) is 0 Å². The summed E-state index contributed by atoms with van der Waals surface area (Å²) in [6.07, 6.45) is 4.62. The van der Waals surface area contributed by atoms with Crippen LogP contribution < -0.4 is 5.32 Å². The largest absolute Gasteiger partial charge is 0.310 e. The number of rotatable bonds is 4. The van der Waals surface area contributed by atoms with Crippen LogP contribution in [0.1, 0.15) is 18.4 Å². The summed E-state index contributed by atoms with van der Waals surface area (Å²) in [5.74, 6) is 0. The van der Waals surface area contributed by atoms with Crippen LogP contribution in [0.25, 0.3) is 22.0 Å². The van der Waals surface area contributed by atoms with Gasteiger partial charge in [-0.15, -0.1) is 0 Å². The van der Waals surface area contributed by atoms with Gasteiger partial charge in [0.2, 0.25) is 0 Å². The van der Waals surface area contributed by atoms with Gasteiger partial charge in [0, 0.05) is 29.7 Å². The number of hydrogen-bond donors (Lipinski definition) is 1. The molecule has 1 aliphatic rings. The maximum atomic E-state index is 4.59. The molecule has 21 heavy (non-hydrogen) atoms. The lowest BCUT2D eigenvalue weighted by Gasteiger charge is -2.11. The third-order valence-corrected chi connectivity index (χ3v) is 4.08. The minimum absolute atomic E-state index is 0.729. The van der Waals surface area contributed by atoms with Gasteiger partial charge in [0.1, 0.15) is 0 Å². The minimum Gasteiger partial charge on any atom is -0.310 e. The molecule has 4 rings (SSSR count). The van der Waals surface area contributed by atoms with E-state index < -0.39 is 0 Å². The fourth-order valence-electron chi connectivity index (χ4n) is 2.72. The number of fused-ring (bicyclic) bond motifs is 1. The number of hydrogen-bond acceptors (Lipinski definition) is 2. The second-order valence-corrected chi connectivity index (χ2v) is 5.73. The molecule has 2 aromatic carbocycles. The average molecular weight is 274 g/mol. The molecule has 104 valence electrons. The molecule has 1 N–H and O–H groups in total. The third-order valence-electron chi connectivity index (χ3n) is 4.08. The molecule has 0 amide bonds. The Hall–Kier alpha value is -2.19. The van der Waals surface area contributed by atoms with Crippen LogP contribution in [-0.4, -0.2) is 11.0 Å². The van der Waals surface area contributed by atoms with Crippen LogP contribution in [0, 0.1) is 0 Å². The van der Waals surface area contributed by atoms with Gasteiger partial charge in [-0.3, -0.25) is 4.98 Å². The molecule has 0 bridgehead atoms. The lowest BCUT2D eigenvalue weighted by Crippen LogP contribution is -2.15. The zero-order valence-corrected chi connectivity index (χ0v) is 11.9. The number of aromatic nitrogens is 1. The van der Waals surface area contributed by atoms with Crippen molar-refractivity contribution in [1.29, 1.82) is 0 Å². The molecule has 0 spiro atoms. The van der Waals surface area contributed by atoms with E-state index in [-0.39, 0.29) is 0 Å². The quantitative estimate of drug-likeness (QED) is 0.773. The first kappa shape index (κ1) is 12.5. The van der Waals surface area contributed by atoms with Gasteiger partial charge in [-0.25, -0.2) is 0 Å². The highest BCUT2D eigenvalue weighted by molar-refractivity contribution is 5.84. The lowest BCUT2D eigenvalue weighted by atomic mass is 10.00. The molecule has 0 atom stereocenters. The Balaban J connectivity index is 1.72. The first-order chi connectivity index (χ1) is 10.4. The van der Waals surface area contributed by atoms with E-state index in [0.29, 0.717) is 0 Å². The van der Waals surface area contributed by atoms with Crippen LogP contribution in [0.15, 0.2) is 60.8 Å². The van der Waals surface area contributed by atoms with E-state index in [2.05, 4.69) is 58.8 Å². The third kappa shape index (κ3) is 2.67. The summed E-state index contributed by atoms with van der Waals surface area (Å²) in [5.41, 5.74) is 4.88. The molecule has 0 saturated heterocycles. The highest BCUT2D eigenvalue weighted by Crippen LogP contribution is 2.27. The smallest absolute Gasteiger partial charge is 0.0702 e. The maximum Gasteiger partial charge on any atom is 0.0702 e. The number of para-hydroxylation sites is 1.